The Morgan fingerprint density at radius 1 is 1.61 bits per heavy atom. The first kappa shape index (κ1) is 13.2. The highest BCUT2D eigenvalue weighted by atomic mass is 19.1. The van der Waals surface area contributed by atoms with Gasteiger partial charge in [0.05, 0.1) is 11.6 Å². The minimum atomic E-state index is -0.867. The van der Waals surface area contributed by atoms with Gasteiger partial charge in [-0.15, -0.1) is 6.58 Å². The van der Waals surface area contributed by atoms with E-state index in [4.69, 9.17) is 5.73 Å². The SMILES string of the molecule is C=CCC(O)C1CNCC1(N)c1ccccc1F. The molecule has 0 aromatic heterocycles. The second-order valence-corrected chi connectivity index (χ2v) is 4.85. The van der Waals surface area contributed by atoms with Crippen LogP contribution >= 0.6 is 0 Å². The number of hydrogen-bond donors (Lipinski definition) is 3. The summed E-state index contributed by atoms with van der Waals surface area (Å²) >= 11 is 0. The summed E-state index contributed by atoms with van der Waals surface area (Å²) in [5.74, 6) is -0.535. The molecule has 18 heavy (non-hydrogen) atoms. The molecular weight excluding hydrogens is 231 g/mol. The molecule has 4 N–H and O–H groups in total. The van der Waals surface area contributed by atoms with Gasteiger partial charge in [-0.25, -0.2) is 4.39 Å². The molecule has 4 heteroatoms. The number of aliphatic hydroxyl groups is 1. The van der Waals surface area contributed by atoms with Crippen LogP contribution in [0.3, 0.4) is 0 Å². The Morgan fingerprint density at radius 3 is 3.00 bits per heavy atom. The number of halogens is 1. The van der Waals surface area contributed by atoms with Crippen molar-refractivity contribution in [2.24, 2.45) is 11.7 Å². The Hall–Kier alpha value is -1.23. The average Bonchev–Trinajstić information content (AvgIpc) is 2.73. The molecule has 1 heterocycles. The van der Waals surface area contributed by atoms with E-state index in [0.29, 0.717) is 25.1 Å². The van der Waals surface area contributed by atoms with Crippen LogP contribution in [0.25, 0.3) is 0 Å². The number of benzene rings is 1. The summed E-state index contributed by atoms with van der Waals surface area (Å²) in [6.07, 6.45) is 1.51. The molecule has 1 aromatic carbocycles. The first-order valence-corrected chi connectivity index (χ1v) is 6.13. The fraction of sp³-hybridized carbons (Fsp3) is 0.429. The second-order valence-electron chi connectivity index (χ2n) is 4.85. The van der Waals surface area contributed by atoms with E-state index in [1.165, 1.54) is 6.07 Å². The van der Waals surface area contributed by atoms with Gasteiger partial charge in [0, 0.05) is 24.6 Å². The first-order valence-electron chi connectivity index (χ1n) is 6.13. The highest BCUT2D eigenvalue weighted by Gasteiger charge is 2.45. The third-order valence-corrected chi connectivity index (χ3v) is 3.69. The Labute approximate surface area is 107 Å². The molecule has 3 nitrogen and oxygen atoms in total. The Kier molecular flexibility index (Phi) is 3.80. The maximum absolute atomic E-state index is 13.9. The summed E-state index contributed by atoms with van der Waals surface area (Å²) in [6.45, 7) is 4.66. The van der Waals surface area contributed by atoms with Crippen molar-refractivity contribution < 1.29 is 9.50 Å². The van der Waals surface area contributed by atoms with Crippen LogP contribution in [0.1, 0.15) is 12.0 Å². The fourth-order valence-electron chi connectivity index (χ4n) is 2.70. The van der Waals surface area contributed by atoms with Gasteiger partial charge in [-0.2, -0.15) is 0 Å². The summed E-state index contributed by atoms with van der Waals surface area (Å²) in [4.78, 5) is 0. The van der Waals surface area contributed by atoms with E-state index in [2.05, 4.69) is 11.9 Å². The van der Waals surface area contributed by atoms with Gasteiger partial charge in [-0.1, -0.05) is 24.3 Å². The lowest BCUT2D eigenvalue weighted by molar-refractivity contribution is 0.0834. The molecule has 3 atom stereocenters. The molecule has 1 aliphatic rings. The van der Waals surface area contributed by atoms with Gasteiger partial charge in [0.2, 0.25) is 0 Å². The maximum atomic E-state index is 13.9. The highest BCUT2D eigenvalue weighted by Crippen LogP contribution is 2.35. The monoisotopic (exact) mass is 250 g/mol. The zero-order valence-electron chi connectivity index (χ0n) is 10.3. The molecule has 0 aliphatic carbocycles. The van der Waals surface area contributed by atoms with Crippen molar-refractivity contribution in [3.8, 4) is 0 Å². The molecule has 98 valence electrons. The number of nitrogens with one attached hydrogen (secondary N) is 1. The predicted molar refractivity (Wildman–Crippen MR) is 69.4 cm³/mol. The molecule has 3 unspecified atom stereocenters. The van der Waals surface area contributed by atoms with Crippen molar-refractivity contribution >= 4 is 0 Å². The van der Waals surface area contributed by atoms with Crippen LogP contribution in [-0.2, 0) is 5.54 Å². The van der Waals surface area contributed by atoms with E-state index in [9.17, 15) is 9.50 Å². The Bertz CT molecular complexity index is 438. The van der Waals surface area contributed by atoms with Crippen molar-refractivity contribution in [1.82, 2.24) is 5.32 Å². The van der Waals surface area contributed by atoms with Gasteiger partial charge in [0.1, 0.15) is 5.82 Å². The van der Waals surface area contributed by atoms with Crippen LogP contribution in [0.4, 0.5) is 4.39 Å². The van der Waals surface area contributed by atoms with Crippen LogP contribution in [0.2, 0.25) is 0 Å². The molecule has 0 spiro atoms. The third kappa shape index (κ3) is 2.19. The van der Waals surface area contributed by atoms with Crippen molar-refractivity contribution in [1.29, 1.82) is 0 Å². The van der Waals surface area contributed by atoms with Gasteiger partial charge >= 0.3 is 0 Å². The van der Waals surface area contributed by atoms with E-state index < -0.39 is 11.6 Å². The van der Waals surface area contributed by atoms with Crippen molar-refractivity contribution in [2.75, 3.05) is 13.1 Å². The molecule has 1 aliphatic heterocycles. The predicted octanol–water partition coefficient (Wildman–Crippen LogP) is 1.14. The van der Waals surface area contributed by atoms with E-state index in [0.717, 1.165) is 0 Å². The van der Waals surface area contributed by atoms with Gasteiger partial charge in [-0.3, -0.25) is 0 Å². The molecule has 0 bridgehead atoms. The molecule has 1 fully saturated rings. The molecule has 1 saturated heterocycles. The van der Waals surface area contributed by atoms with E-state index in [-0.39, 0.29) is 11.7 Å². The van der Waals surface area contributed by atoms with Crippen LogP contribution in [0.15, 0.2) is 36.9 Å². The van der Waals surface area contributed by atoms with E-state index in [1.54, 1.807) is 24.3 Å². The molecule has 0 saturated carbocycles. The van der Waals surface area contributed by atoms with Crippen molar-refractivity contribution in [3.05, 3.63) is 48.3 Å². The summed E-state index contributed by atoms with van der Waals surface area (Å²) in [6, 6.07) is 6.50. The lowest BCUT2D eigenvalue weighted by Crippen LogP contribution is -2.49. The first-order chi connectivity index (χ1) is 8.59. The van der Waals surface area contributed by atoms with E-state index >= 15 is 0 Å². The minimum absolute atomic E-state index is 0.215. The highest BCUT2D eigenvalue weighted by molar-refractivity contribution is 5.29. The molecular formula is C14H19FN2O. The number of hydrogen-bond acceptors (Lipinski definition) is 3. The van der Waals surface area contributed by atoms with Crippen LogP contribution in [0, 0.1) is 11.7 Å². The van der Waals surface area contributed by atoms with Gasteiger partial charge < -0.3 is 16.2 Å². The van der Waals surface area contributed by atoms with Crippen molar-refractivity contribution in [3.63, 3.8) is 0 Å². The topological polar surface area (TPSA) is 58.3 Å². The van der Waals surface area contributed by atoms with Crippen LogP contribution < -0.4 is 11.1 Å². The zero-order chi connectivity index (χ0) is 13.2. The summed E-state index contributed by atoms with van der Waals surface area (Å²) in [5, 5.41) is 13.3. The van der Waals surface area contributed by atoms with Crippen LogP contribution in [0.5, 0.6) is 0 Å². The quantitative estimate of drug-likeness (QED) is 0.702. The number of rotatable bonds is 4. The Balaban J connectivity index is 2.34. The number of nitrogens with two attached hydrogens (primary N) is 1. The summed E-state index contributed by atoms with van der Waals surface area (Å²) < 4.78 is 13.9. The standard InChI is InChI=1S/C14H19FN2O/c1-2-5-13(18)11-8-17-9-14(11,16)10-6-3-4-7-12(10)15/h2-4,6-7,11,13,17-18H,1,5,8-9,16H2. The fourth-order valence-corrected chi connectivity index (χ4v) is 2.70. The Morgan fingerprint density at radius 2 is 2.33 bits per heavy atom. The van der Waals surface area contributed by atoms with Gasteiger partial charge in [0.25, 0.3) is 0 Å². The minimum Gasteiger partial charge on any atom is -0.392 e. The zero-order valence-corrected chi connectivity index (χ0v) is 10.3. The lowest BCUT2D eigenvalue weighted by Gasteiger charge is -2.34. The maximum Gasteiger partial charge on any atom is 0.128 e. The molecule has 0 amide bonds. The average molecular weight is 250 g/mol. The molecule has 2 rings (SSSR count). The van der Waals surface area contributed by atoms with E-state index in [1.807, 2.05) is 0 Å². The third-order valence-electron chi connectivity index (χ3n) is 3.69. The van der Waals surface area contributed by atoms with Gasteiger partial charge in [0.15, 0.2) is 0 Å². The lowest BCUT2D eigenvalue weighted by atomic mass is 9.77. The van der Waals surface area contributed by atoms with Gasteiger partial charge in [-0.05, 0) is 12.5 Å². The molecule has 1 aromatic rings. The second kappa shape index (κ2) is 5.18. The van der Waals surface area contributed by atoms with Crippen molar-refractivity contribution in [2.45, 2.75) is 18.1 Å². The smallest absolute Gasteiger partial charge is 0.128 e. The number of aliphatic hydroxyl groups excluding tert-OH is 1. The molecule has 0 radical (unpaired) electrons. The largest absolute Gasteiger partial charge is 0.392 e. The van der Waals surface area contributed by atoms with Crippen LogP contribution in [-0.4, -0.2) is 24.3 Å². The summed E-state index contributed by atoms with van der Waals surface area (Å²) in [7, 11) is 0. The summed E-state index contributed by atoms with van der Waals surface area (Å²) in [5.41, 5.74) is 5.95. The normalized spacial score (nSPS) is 29.2.